The smallest absolute Gasteiger partial charge is 0.0963 e. The number of rotatable bonds is 2. The van der Waals surface area contributed by atoms with Crippen LogP contribution in [-0.2, 0) is 4.74 Å². The van der Waals surface area contributed by atoms with Crippen molar-refractivity contribution in [3.63, 3.8) is 0 Å². The molecule has 2 atom stereocenters. The van der Waals surface area contributed by atoms with Gasteiger partial charge in [0.1, 0.15) is 0 Å². The van der Waals surface area contributed by atoms with Gasteiger partial charge >= 0.3 is 0 Å². The summed E-state index contributed by atoms with van der Waals surface area (Å²) >= 11 is 6.20. The lowest BCUT2D eigenvalue weighted by Crippen LogP contribution is -2.34. The van der Waals surface area contributed by atoms with E-state index in [0.717, 1.165) is 30.2 Å². The first-order chi connectivity index (χ1) is 8.18. The Kier molecular flexibility index (Phi) is 4.43. The highest BCUT2D eigenvalue weighted by atomic mass is 35.5. The van der Waals surface area contributed by atoms with Gasteiger partial charge in [0.15, 0.2) is 0 Å². The van der Waals surface area contributed by atoms with Gasteiger partial charge in [-0.15, -0.1) is 0 Å². The number of ether oxygens (including phenoxy) is 1. The summed E-state index contributed by atoms with van der Waals surface area (Å²) in [5.41, 5.74) is 1.09. The Morgan fingerprint density at radius 1 is 1.35 bits per heavy atom. The third-order valence-electron chi connectivity index (χ3n) is 3.37. The summed E-state index contributed by atoms with van der Waals surface area (Å²) < 4.78 is 5.90. The van der Waals surface area contributed by atoms with Crippen LogP contribution in [0.1, 0.15) is 31.9 Å². The highest BCUT2D eigenvalue weighted by molar-refractivity contribution is 6.31. The molecule has 1 heterocycles. The standard InChI is InChI=1S/C14H20ClNO/c1-10(2)13-7-8-17-14(9-16-13)11-5-3-4-6-12(11)15/h3-6,10,13-14,16H,7-9H2,1-2H3. The first kappa shape index (κ1) is 12.9. The van der Waals surface area contributed by atoms with E-state index in [4.69, 9.17) is 16.3 Å². The Hall–Kier alpha value is -0.570. The molecular formula is C14H20ClNO. The van der Waals surface area contributed by atoms with E-state index in [1.165, 1.54) is 0 Å². The monoisotopic (exact) mass is 253 g/mol. The summed E-state index contributed by atoms with van der Waals surface area (Å²) in [6.07, 6.45) is 1.14. The molecule has 0 aliphatic carbocycles. The molecule has 0 aromatic heterocycles. The molecule has 17 heavy (non-hydrogen) atoms. The van der Waals surface area contributed by atoms with Crippen LogP contribution in [0.15, 0.2) is 24.3 Å². The van der Waals surface area contributed by atoms with E-state index in [-0.39, 0.29) is 6.10 Å². The Balaban J connectivity index is 2.07. The van der Waals surface area contributed by atoms with Gasteiger partial charge in [0, 0.05) is 29.8 Å². The third-order valence-corrected chi connectivity index (χ3v) is 3.71. The lowest BCUT2D eigenvalue weighted by molar-refractivity contribution is 0.0661. The van der Waals surface area contributed by atoms with E-state index in [2.05, 4.69) is 19.2 Å². The van der Waals surface area contributed by atoms with E-state index in [0.29, 0.717) is 12.0 Å². The number of hydrogen-bond donors (Lipinski definition) is 1. The normalized spacial score (nSPS) is 25.9. The topological polar surface area (TPSA) is 21.3 Å². The molecule has 1 aliphatic rings. The van der Waals surface area contributed by atoms with Crippen molar-refractivity contribution in [2.45, 2.75) is 32.4 Å². The van der Waals surface area contributed by atoms with Crippen LogP contribution in [0, 0.1) is 5.92 Å². The van der Waals surface area contributed by atoms with E-state index < -0.39 is 0 Å². The van der Waals surface area contributed by atoms with Crippen LogP contribution in [0.25, 0.3) is 0 Å². The zero-order valence-electron chi connectivity index (χ0n) is 10.4. The van der Waals surface area contributed by atoms with Crippen LogP contribution in [0.4, 0.5) is 0 Å². The Morgan fingerprint density at radius 2 is 2.12 bits per heavy atom. The zero-order chi connectivity index (χ0) is 12.3. The third kappa shape index (κ3) is 3.21. The number of halogens is 1. The molecular weight excluding hydrogens is 234 g/mol. The molecule has 1 N–H and O–H groups in total. The summed E-state index contributed by atoms with van der Waals surface area (Å²) in [6, 6.07) is 8.47. The van der Waals surface area contributed by atoms with Crippen molar-refractivity contribution < 1.29 is 4.74 Å². The summed E-state index contributed by atoms with van der Waals surface area (Å²) in [4.78, 5) is 0. The summed E-state index contributed by atoms with van der Waals surface area (Å²) in [6.45, 7) is 6.12. The fraction of sp³-hybridized carbons (Fsp3) is 0.571. The number of hydrogen-bond acceptors (Lipinski definition) is 2. The predicted octanol–water partition coefficient (Wildman–Crippen LogP) is 3.42. The van der Waals surface area contributed by atoms with Gasteiger partial charge in [0.2, 0.25) is 0 Å². The first-order valence-electron chi connectivity index (χ1n) is 6.28. The molecule has 2 unspecified atom stereocenters. The predicted molar refractivity (Wildman–Crippen MR) is 71.4 cm³/mol. The minimum atomic E-state index is 0.0763. The average Bonchev–Trinajstić information content (AvgIpc) is 2.55. The quantitative estimate of drug-likeness (QED) is 0.872. The number of benzene rings is 1. The highest BCUT2D eigenvalue weighted by Crippen LogP contribution is 2.27. The minimum Gasteiger partial charge on any atom is -0.372 e. The first-order valence-corrected chi connectivity index (χ1v) is 6.65. The zero-order valence-corrected chi connectivity index (χ0v) is 11.2. The second kappa shape index (κ2) is 5.85. The van der Waals surface area contributed by atoms with Gasteiger partial charge in [-0.2, -0.15) is 0 Å². The van der Waals surface area contributed by atoms with E-state index in [1.54, 1.807) is 0 Å². The largest absolute Gasteiger partial charge is 0.372 e. The number of nitrogens with one attached hydrogen (secondary N) is 1. The van der Waals surface area contributed by atoms with Gasteiger partial charge in [-0.25, -0.2) is 0 Å². The van der Waals surface area contributed by atoms with Gasteiger partial charge in [-0.1, -0.05) is 43.6 Å². The lowest BCUT2D eigenvalue weighted by Gasteiger charge is -2.20. The molecule has 2 nitrogen and oxygen atoms in total. The molecule has 0 spiro atoms. The van der Waals surface area contributed by atoms with Crippen molar-refractivity contribution >= 4 is 11.6 Å². The summed E-state index contributed by atoms with van der Waals surface area (Å²) in [7, 11) is 0. The highest BCUT2D eigenvalue weighted by Gasteiger charge is 2.22. The van der Waals surface area contributed by atoms with Gasteiger partial charge in [0.25, 0.3) is 0 Å². The molecule has 1 saturated heterocycles. The van der Waals surface area contributed by atoms with Crippen LogP contribution in [-0.4, -0.2) is 19.2 Å². The second-order valence-corrected chi connectivity index (χ2v) is 5.34. The second-order valence-electron chi connectivity index (χ2n) is 4.93. The van der Waals surface area contributed by atoms with Crippen molar-refractivity contribution in [1.29, 1.82) is 0 Å². The van der Waals surface area contributed by atoms with Crippen LogP contribution in [0.2, 0.25) is 5.02 Å². The molecule has 1 aliphatic heterocycles. The Labute approximate surface area is 108 Å². The molecule has 94 valence electrons. The minimum absolute atomic E-state index is 0.0763. The van der Waals surface area contributed by atoms with E-state index in [9.17, 15) is 0 Å². The maximum absolute atomic E-state index is 6.20. The molecule has 0 radical (unpaired) electrons. The van der Waals surface area contributed by atoms with Gasteiger partial charge in [-0.3, -0.25) is 0 Å². The molecule has 1 aromatic carbocycles. The molecule has 1 aromatic rings. The molecule has 3 heteroatoms. The van der Waals surface area contributed by atoms with Crippen LogP contribution < -0.4 is 5.32 Å². The summed E-state index contributed by atoms with van der Waals surface area (Å²) in [5.74, 6) is 0.642. The van der Waals surface area contributed by atoms with Gasteiger partial charge in [0.05, 0.1) is 6.10 Å². The van der Waals surface area contributed by atoms with E-state index >= 15 is 0 Å². The maximum Gasteiger partial charge on any atom is 0.0963 e. The van der Waals surface area contributed by atoms with Gasteiger partial charge < -0.3 is 10.1 Å². The SMILES string of the molecule is CC(C)C1CCOC(c2ccccc2Cl)CN1. The van der Waals surface area contributed by atoms with Gasteiger partial charge in [-0.05, 0) is 18.4 Å². The van der Waals surface area contributed by atoms with Crippen LogP contribution in [0.5, 0.6) is 0 Å². The molecule has 0 amide bonds. The van der Waals surface area contributed by atoms with Crippen LogP contribution in [0.3, 0.4) is 0 Å². The summed E-state index contributed by atoms with van der Waals surface area (Å²) in [5, 5.41) is 4.37. The molecule has 1 fully saturated rings. The molecule has 2 rings (SSSR count). The van der Waals surface area contributed by atoms with Crippen LogP contribution >= 0.6 is 11.6 Å². The van der Waals surface area contributed by atoms with Crippen molar-refractivity contribution in [3.05, 3.63) is 34.9 Å². The fourth-order valence-corrected chi connectivity index (χ4v) is 2.52. The van der Waals surface area contributed by atoms with Crippen molar-refractivity contribution in [2.75, 3.05) is 13.2 Å². The van der Waals surface area contributed by atoms with Crippen molar-refractivity contribution in [1.82, 2.24) is 5.32 Å². The molecule has 0 bridgehead atoms. The van der Waals surface area contributed by atoms with E-state index in [1.807, 2.05) is 24.3 Å². The lowest BCUT2D eigenvalue weighted by atomic mass is 10.0. The van der Waals surface area contributed by atoms with Crippen molar-refractivity contribution in [2.24, 2.45) is 5.92 Å². The average molecular weight is 254 g/mol. The molecule has 0 saturated carbocycles. The maximum atomic E-state index is 6.20. The fourth-order valence-electron chi connectivity index (χ4n) is 2.26. The van der Waals surface area contributed by atoms with Crippen molar-refractivity contribution in [3.8, 4) is 0 Å². The Morgan fingerprint density at radius 3 is 2.82 bits per heavy atom. The Bertz CT molecular complexity index is 367.